The predicted molar refractivity (Wildman–Crippen MR) is 71.5 cm³/mol. The Balaban J connectivity index is 2.22. The average molecular weight is 303 g/mol. The summed E-state index contributed by atoms with van der Waals surface area (Å²) in [4.78, 5) is 0. The van der Waals surface area contributed by atoms with E-state index in [1.54, 1.807) is 0 Å². The molecule has 0 bridgehead atoms. The van der Waals surface area contributed by atoms with Crippen molar-refractivity contribution < 1.29 is 13.9 Å². The van der Waals surface area contributed by atoms with Crippen molar-refractivity contribution in [2.45, 2.75) is 12.5 Å². The molecule has 0 amide bonds. The van der Waals surface area contributed by atoms with Crippen LogP contribution in [-0.2, 0) is 6.42 Å². The smallest absolute Gasteiger partial charge is 0.125 e. The van der Waals surface area contributed by atoms with E-state index in [-0.39, 0.29) is 16.5 Å². The molecule has 0 aliphatic carbocycles. The minimum atomic E-state index is -0.962. The molecule has 0 radical (unpaired) electrons. The van der Waals surface area contributed by atoms with Gasteiger partial charge in [-0.1, -0.05) is 29.3 Å². The van der Waals surface area contributed by atoms with E-state index in [0.717, 1.165) is 6.07 Å². The standard InChI is InChI=1S/C14H10Cl2F2O/c15-10-3-9(4-12(18)6-10)14(19)5-8-1-2-11(17)7-13(8)16/h1-4,6-7,14,19H,5H2. The van der Waals surface area contributed by atoms with E-state index in [1.165, 1.54) is 30.3 Å². The van der Waals surface area contributed by atoms with Crippen LogP contribution in [-0.4, -0.2) is 5.11 Å². The molecule has 1 unspecified atom stereocenters. The maximum atomic E-state index is 13.2. The molecule has 0 saturated heterocycles. The van der Waals surface area contributed by atoms with E-state index in [4.69, 9.17) is 23.2 Å². The van der Waals surface area contributed by atoms with Crippen LogP contribution in [0.2, 0.25) is 10.0 Å². The van der Waals surface area contributed by atoms with Gasteiger partial charge in [0.2, 0.25) is 0 Å². The van der Waals surface area contributed by atoms with Crippen molar-refractivity contribution in [1.82, 2.24) is 0 Å². The van der Waals surface area contributed by atoms with Gasteiger partial charge in [-0.05, 0) is 41.5 Å². The SMILES string of the molecule is OC(Cc1ccc(F)cc1Cl)c1cc(F)cc(Cl)c1. The highest BCUT2D eigenvalue weighted by Gasteiger charge is 2.13. The third-order valence-corrected chi connectivity index (χ3v) is 3.27. The Bertz CT molecular complexity index is 582. The van der Waals surface area contributed by atoms with Gasteiger partial charge in [0, 0.05) is 16.5 Å². The fourth-order valence-corrected chi connectivity index (χ4v) is 2.26. The minimum absolute atomic E-state index is 0.152. The molecular weight excluding hydrogens is 293 g/mol. The van der Waals surface area contributed by atoms with Gasteiger partial charge in [-0.2, -0.15) is 0 Å². The fraction of sp³-hybridized carbons (Fsp3) is 0.143. The predicted octanol–water partition coefficient (Wildman–Crippen LogP) is 4.55. The summed E-state index contributed by atoms with van der Waals surface area (Å²) in [5.41, 5.74) is 0.932. The van der Waals surface area contributed by atoms with Crippen LogP contribution in [0.25, 0.3) is 0 Å². The second-order valence-corrected chi connectivity index (χ2v) is 5.00. The largest absolute Gasteiger partial charge is 0.388 e. The molecule has 2 aromatic carbocycles. The van der Waals surface area contributed by atoms with Crippen LogP contribution >= 0.6 is 23.2 Å². The molecule has 1 N–H and O–H groups in total. The molecule has 19 heavy (non-hydrogen) atoms. The molecular formula is C14H10Cl2F2O. The Labute approximate surface area is 119 Å². The van der Waals surface area contributed by atoms with Crippen LogP contribution < -0.4 is 0 Å². The first kappa shape index (κ1) is 14.3. The Morgan fingerprint density at radius 1 is 1.00 bits per heavy atom. The van der Waals surface area contributed by atoms with Gasteiger partial charge in [0.05, 0.1) is 6.10 Å². The summed E-state index contributed by atoms with van der Waals surface area (Å²) in [6.07, 6.45) is -0.810. The molecule has 0 heterocycles. The first-order valence-electron chi connectivity index (χ1n) is 5.53. The number of hydrogen-bond acceptors (Lipinski definition) is 1. The summed E-state index contributed by atoms with van der Waals surface area (Å²) in [6, 6.07) is 7.75. The summed E-state index contributed by atoms with van der Waals surface area (Å²) in [7, 11) is 0. The summed E-state index contributed by atoms with van der Waals surface area (Å²) in [6.45, 7) is 0. The number of rotatable bonds is 3. The van der Waals surface area contributed by atoms with Crippen LogP contribution in [0.4, 0.5) is 8.78 Å². The molecule has 0 saturated carbocycles. The van der Waals surface area contributed by atoms with Crippen LogP contribution in [0.5, 0.6) is 0 Å². The first-order chi connectivity index (χ1) is 8.95. The lowest BCUT2D eigenvalue weighted by Crippen LogP contribution is -2.03. The quantitative estimate of drug-likeness (QED) is 0.882. The summed E-state index contributed by atoms with van der Waals surface area (Å²) in [5, 5.41) is 10.5. The molecule has 0 aromatic heterocycles. The van der Waals surface area contributed by atoms with E-state index >= 15 is 0 Å². The van der Waals surface area contributed by atoms with E-state index in [9.17, 15) is 13.9 Å². The van der Waals surface area contributed by atoms with Crippen molar-refractivity contribution >= 4 is 23.2 Å². The van der Waals surface area contributed by atoms with E-state index in [0.29, 0.717) is 11.1 Å². The van der Waals surface area contributed by atoms with Gasteiger partial charge in [-0.15, -0.1) is 0 Å². The highest BCUT2D eigenvalue weighted by Crippen LogP contribution is 2.26. The second kappa shape index (κ2) is 5.87. The van der Waals surface area contributed by atoms with Crippen LogP contribution in [0.3, 0.4) is 0 Å². The highest BCUT2D eigenvalue weighted by atomic mass is 35.5. The molecule has 0 aliphatic rings. The Morgan fingerprint density at radius 3 is 2.37 bits per heavy atom. The molecule has 1 atom stereocenters. The Kier molecular flexibility index (Phi) is 4.40. The van der Waals surface area contributed by atoms with Gasteiger partial charge < -0.3 is 5.11 Å². The zero-order valence-electron chi connectivity index (χ0n) is 9.71. The zero-order chi connectivity index (χ0) is 14.0. The molecule has 1 nitrogen and oxygen atoms in total. The number of aliphatic hydroxyl groups excluding tert-OH is 1. The lowest BCUT2D eigenvalue weighted by molar-refractivity contribution is 0.178. The van der Waals surface area contributed by atoms with Crippen LogP contribution in [0.1, 0.15) is 17.2 Å². The third-order valence-electron chi connectivity index (χ3n) is 2.70. The molecule has 100 valence electrons. The van der Waals surface area contributed by atoms with Crippen LogP contribution in [0.15, 0.2) is 36.4 Å². The van der Waals surface area contributed by atoms with E-state index in [1.807, 2.05) is 0 Å². The molecule has 0 aliphatic heterocycles. The molecule has 2 aromatic rings. The van der Waals surface area contributed by atoms with Crippen molar-refractivity contribution in [1.29, 1.82) is 0 Å². The molecule has 0 fully saturated rings. The lowest BCUT2D eigenvalue weighted by Gasteiger charge is -2.13. The number of aliphatic hydroxyl groups is 1. The fourth-order valence-electron chi connectivity index (χ4n) is 1.78. The topological polar surface area (TPSA) is 20.2 Å². The van der Waals surface area contributed by atoms with Gasteiger partial charge in [0.1, 0.15) is 11.6 Å². The molecule has 5 heteroatoms. The Morgan fingerprint density at radius 2 is 1.74 bits per heavy atom. The number of halogens is 4. The second-order valence-electron chi connectivity index (χ2n) is 4.16. The monoisotopic (exact) mass is 302 g/mol. The average Bonchev–Trinajstić information content (AvgIpc) is 2.31. The van der Waals surface area contributed by atoms with E-state index in [2.05, 4.69) is 0 Å². The van der Waals surface area contributed by atoms with Gasteiger partial charge in [0.15, 0.2) is 0 Å². The van der Waals surface area contributed by atoms with Gasteiger partial charge in [-0.25, -0.2) is 8.78 Å². The number of benzene rings is 2. The van der Waals surface area contributed by atoms with Gasteiger partial charge in [0.25, 0.3) is 0 Å². The summed E-state index contributed by atoms with van der Waals surface area (Å²) in [5.74, 6) is -0.969. The van der Waals surface area contributed by atoms with Gasteiger partial charge in [-0.3, -0.25) is 0 Å². The highest BCUT2D eigenvalue weighted by molar-refractivity contribution is 6.31. The summed E-state index contributed by atoms with van der Waals surface area (Å²) >= 11 is 11.6. The maximum Gasteiger partial charge on any atom is 0.125 e. The number of hydrogen-bond donors (Lipinski definition) is 1. The lowest BCUT2D eigenvalue weighted by atomic mass is 10.0. The van der Waals surface area contributed by atoms with Crippen molar-refractivity contribution in [2.24, 2.45) is 0 Å². The molecule has 2 rings (SSSR count). The maximum absolute atomic E-state index is 13.2. The van der Waals surface area contributed by atoms with Crippen LogP contribution in [0, 0.1) is 11.6 Å². The summed E-state index contributed by atoms with van der Waals surface area (Å²) < 4.78 is 26.1. The van der Waals surface area contributed by atoms with Crippen molar-refractivity contribution in [2.75, 3.05) is 0 Å². The normalized spacial score (nSPS) is 12.5. The van der Waals surface area contributed by atoms with Crippen molar-refractivity contribution in [3.63, 3.8) is 0 Å². The third kappa shape index (κ3) is 3.66. The first-order valence-corrected chi connectivity index (χ1v) is 6.29. The Hall–Kier alpha value is -1.16. The van der Waals surface area contributed by atoms with Gasteiger partial charge >= 0.3 is 0 Å². The molecule has 0 spiro atoms. The minimum Gasteiger partial charge on any atom is -0.388 e. The van der Waals surface area contributed by atoms with Crippen molar-refractivity contribution in [3.05, 3.63) is 69.2 Å². The van der Waals surface area contributed by atoms with Crippen molar-refractivity contribution in [3.8, 4) is 0 Å². The zero-order valence-corrected chi connectivity index (χ0v) is 11.2. The van der Waals surface area contributed by atoms with E-state index < -0.39 is 17.7 Å².